The minimum atomic E-state index is -1.69. The average Bonchev–Trinajstić information content (AvgIpc) is 3.19. The zero-order valence-corrected chi connectivity index (χ0v) is 25.6. The number of aromatic nitrogens is 1. The van der Waals surface area contributed by atoms with Crippen molar-refractivity contribution < 1.29 is 8.98 Å². The lowest BCUT2D eigenvalue weighted by atomic mass is 9.94. The minimum Gasteiger partial charge on any atom is -0.456 e. The summed E-state index contributed by atoms with van der Waals surface area (Å²) in [5, 5.41) is 5.07. The first-order valence-corrected chi connectivity index (χ1v) is 17.1. The molecule has 38 heavy (non-hydrogen) atoms. The number of benzene rings is 3. The van der Waals surface area contributed by atoms with Crippen LogP contribution >= 0.6 is 0 Å². The lowest BCUT2D eigenvalue weighted by molar-refractivity contribution is -0.633. The van der Waals surface area contributed by atoms with Crippen LogP contribution in [0.15, 0.2) is 40.8 Å². The zero-order valence-electron chi connectivity index (χ0n) is 24.6. The monoisotopic (exact) mass is 519 g/mol. The van der Waals surface area contributed by atoms with Crippen LogP contribution in [0.25, 0.3) is 48.9 Å². The second kappa shape index (κ2) is 9.10. The molecule has 0 fully saturated rings. The fraction of sp³-hybridized carbons (Fsp3) is 0.353. The largest absolute Gasteiger partial charge is 0.456 e. The summed E-state index contributed by atoms with van der Waals surface area (Å²) in [6, 6.07) is 13.5. The van der Waals surface area contributed by atoms with Crippen molar-refractivity contribution in [3.05, 3.63) is 75.6 Å². The van der Waals surface area contributed by atoms with Crippen molar-refractivity contribution in [1.82, 2.24) is 0 Å². The molecular formula is C34H39N2OSi+. The molecule has 3 aromatic carbocycles. The number of rotatable bonds is 4. The molecule has 5 aromatic rings. The third kappa shape index (κ3) is 4.05. The van der Waals surface area contributed by atoms with Crippen LogP contribution in [-0.4, -0.2) is 8.07 Å². The summed E-state index contributed by atoms with van der Waals surface area (Å²) < 4.78 is 9.07. The molecule has 2 aromatic heterocycles. The molecule has 2 heterocycles. The third-order valence-corrected chi connectivity index (χ3v) is 10.3. The first-order valence-electron chi connectivity index (χ1n) is 13.6. The lowest BCUT2D eigenvalue weighted by Gasteiger charge is -2.21. The highest BCUT2D eigenvalue weighted by molar-refractivity contribution is 6.90. The highest BCUT2D eigenvalue weighted by atomic mass is 28.3. The fourth-order valence-electron chi connectivity index (χ4n) is 5.95. The Morgan fingerprint density at radius 3 is 2.18 bits per heavy atom. The van der Waals surface area contributed by atoms with Crippen LogP contribution < -0.4 is 9.75 Å². The van der Waals surface area contributed by atoms with Gasteiger partial charge < -0.3 is 4.42 Å². The predicted octanol–water partition coefficient (Wildman–Crippen LogP) is 8.76. The van der Waals surface area contributed by atoms with Gasteiger partial charge in [0.1, 0.15) is 18.2 Å². The van der Waals surface area contributed by atoms with E-state index in [1.165, 1.54) is 44.0 Å². The van der Waals surface area contributed by atoms with Gasteiger partial charge in [0.15, 0.2) is 5.69 Å². The highest BCUT2D eigenvalue weighted by Crippen LogP contribution is 2.41. The number of nitrogens with zero attached hydrogens (tertiary/aromatic N) is 2. The maximum Gasteiger partial charge on any atom is 0.216 e. The van der Waals surface area contributed by atoms with Crippen LogP contribution in [-0.2, 0) is 13.5 Å². The van der Waals surface area contributed by atoms with E-state index in [0.29, 0.717) is 11.6 Å². The van der Waals surface area contributed by atoms with Crippen LogP contribution in [0.1, 0.15) is 41.7 Å². The topological polar surface area (TPSA) is 21.4 Å². The second-order valence-corrected chi connectivity index (χ2v) is 17.6. The molecule has 0 aliphatic carbocycles. The summed E-state index contributed by atoms with van der Waals surface area (Å²) in [6.07, 6.45) is 1.08. The van der Waals surface area contributed by atoms with Gasteiger partial charge in [0.05, 0.1) is 20.2 Å². The molecule has 0 unspecified atom stereocenters. The SMILES string of the molecule is [C-]#[N+]c1ccc2c(oc3c(-c4cc([Si](C)(C)C)c5cc(C)c(CC(C)C)cc5[n+]4C)c(C)c(C)cc32)c1C. The molecule has 0 aliphatic heterocycles. The minimum absolute atomic E-state index is 0.605. The van der Waals surface area contributed by atoms with Gasteiger partial charge >= 0.3 is 0 Å². The molecule has 0 spiro atoms. The Bertz CT molecular complexity index is 1810. The second-order valence-electron chi connectivity index (χ2n) is 12.5. The quantitative estimate of drug-likeness (QED) is 0.132. The van der Waals surface area contributed by atoms with E-state index < -0.39 is 8.07 Å². The summed E-state index contributed by atoms with van der Waals surface area (Å²) in [6.45, 7) is 28.2. The normalized spacial score (nSPS) is 12.3. The van der Waals surface area contributed by atoms with Gasteiger partial charge in [-0.05, 0) is 85.2 Å². The van der Waals surface area contributed by atoms with Gasteiger partial charge in [-0.3, -0.25) is 0 Å². The molecule has 0 bridgehead atoms. The molecule has 3 nitrogen and oxygen atoms in total. The molecule has 4 heteroatoms. The molecule has 0 radical (unpaired) electrons. The highest BCUT2D eigenvalue weighted by Gasteiger charge is 2.30. The number of hydrogen-bond donors (Lipinski definition) is 0. The van der Waals surface area contributed by atoms with Crippen molar-refractivity contribution in [2.75, 3.05) is 0 Å². The van der Waals surface area contributed by atoms with Crippen molar-refractivity contribution in [1.29, 1.82) is 0 Å². The Kier molecular flexibility index (Phi) is 6.27. The van der Waals surface area contributed by atoms with Gasteiger partial charge in [0.2, 0.25) is 11.2 Å². The van der Waals surface area contributed by atoms with Gasteiger partial charge in [-0.15, -0.1) is 0 Å². The molecule has 5 rings (SSSR count). The Hall–Kier alpha value is -3.42. The Morgan fingerprint density at radius 2 is 1.55 bits per heavy atom. The van der Waals surface area contributed by atoms with E-state index in [-0.39, 0.29) is 0 Å². The van der Waals surface area contributed by atoms with E-state index in [4.69, 9.17) is 11.0 Å². The number of fused-ring (bicyclic) bond motifs is 4. The standard InChI is InChI=1S/C34H39N2OSi/c1-19(2)14-24-17-29-27(16-21(24)4)31(38(9,10)11)18-30(36(29)8)32-22(5)20(3)15-26-25-12-13-28(35-7)23(6)33(25)37-34(26)32/h12-13,15-19H,14H2,1-6,8-11H3/q+1. The van der Waals surface area contributed by atoms with Crippen molar-refractivity contribution in [3.8, 4) is 11.3 Å². The fourth-order valence-corrected chi connectivity index (χ4v) is 7.53. The molecule has 0 saturated heterocycles. The van der Waals surface area contributed by atoms with E-state index in [0.717, 1.165) is 39.5 Å². The maximum atomic E-state index is 7.58. The van der Waals surface area contributed by atoms with Gasteiger partial charge in [0.25, 0.3) is 0 Å². The summed E-state index contributed by atoms with van der Waals surface area (Å²) >= 11 is 0. The van der Waals surface area contributed by atoms with Crippen molar-refractivity contribution in [3.63, 3.8) is 0 Å². The van der Waals surface area contributed by atoms with E-state index in [2.05, 4.69) is 101 Å². The number of pyridine rings is 1. The van der Waals surface area contributed by atoms with Gasteiger partial charge in [0, 0.05) is 28.3 Å². The van der Waals surface area contributed by atoms with Gasteiger partial charge in [-0.1, -0.05) is 45.6 Å². The van der Waals surface area contributed by atoms with Gasteiger partial charge in [-0.2, -0.15) is 4.57 Å². The summed E-state index contributed by atoms with van der Waals surface area (Å²) in [5.41, 5.74) is 12.3. The van der Waals surface area contributed by atoms with Crippen LogP contribution in [0, 0.1) is 40.2 Å². The summed E-state index contributed by atoms with van der Waals surface area (Å²) in [7, 11) is 0.521. The molecule has 0 atom stereocenters. The Morgan fingerprint density at radius 1 is 0.868 bits per heavy atom. The van der Waals surface area contributed by atoms with Crippen LogP contribution in [0.3, 0.4) is 0 Å². The van der Waals surface area contributed by atoms with Crippen LogP contribution in [0.4, 0.5) is 5.69 Å². The maximum absolute atomic E-state index is 7.58. The summed E-state index contributed by atoms with van der Waals surface area (Å²) in [5.74, 6) is 0.605. The number of aryl methyl sites for hydroxylation is 4. The smallest absolute Gasteiger partial charge is 0.216 e. The van der Waals surface area contributed by atoms with Crippen molar-refractivity contribution in [2.45, 2.75) is 67.6 Å². The lowest BCUT2D eigenvalue weighted by Crippen LogP contribution is -2.43. The Balaban J connectivity index is 1.95. The third-order valence-electron chi connectivity index (χ3n) is 8.23. The summed E-state index contributed by atoms with van der Waals surface area (Å²) in [4.78, 5) is 3.72. The van der Waals surface area contributed by atoms with Gasteiger partial charge in [-0.25, -0.2) is 4.85 Å². The Labute approximate surface area is 227 Å². The first-order chi connectivity index (χ1) is 17.8. The molecule has 0 amide bonds. The van der Waals surface area contributed by atoms with Crippen LogP contribution in [0.2, 0.25) is 19.6 Å². The number of furan rings is 1. The molecule has 0 N–H and O–H groups in total. The molecule has 0 saturated carbocycles. The number of hydrogen-bond acceptors (Lipinski definition) is 1. The van der Waals surface area contributed by atoms with E-state index in [1.54, 1.807) is 0 Å². The zero-order chi connectivity index (χ0) is 27.7. The molecular weight excluding hydrogens is 480 g/mol. The first kappa shape index (κ1) is 26.2. The molecule has 0 aliphatic rings. The van der Waals surface area contributed by atoms with E-state index in [1.807, 2.05) is 13.0 Å². The van der Waals surface area contributed by atoms with E-state index in [9.17, 15) is 0 Å². The van der Waals surface area contributed by atoms with E-state index >= 15 is 0 Å². The predicted molar refractivity (Wildman–Crippen MR) is 165 cm³/mol. The average molecular weight is 520 g/mol. The molecule has 194 valence electrons. The van der Waals surface area contributed by atoms with Crippen molar-refractivity contribution in [2.24, 2.45) is 13.0 Å². The van der Waals surface area contributed by atoms with Crippen molar-refractivity contribution >= 4 is 51.8 Å². The van der Waals surface area contributed by atoms with Crippen LogP contribution in [0.5, 0.6) is 0 Å².